The summed E-state index contributed by atoms with van der Waals surface area (Å²) in [6.45, 7) is -2.47. The van der Waals surface area contributed by atoms with Crippen molar-refractivity contribution in [2.24, 2.45) is 7.05 Å². The van der Waals surface area contributed by atoms with Crippen LogP contribution in [0.1, 0.15) is 16.1 Å². The fourth-order valence-corrected chi connectivity index (χ4v) is 4.61. The van der Waals surface area contributed by atoms with Crippen molar-refractivity contribution in [1.82, 2.24) is 39.5 Å². The first-order valence-corrected chi connectivity index (χ1v) is 13.1. The summed E-state index contributed by atoms with van der Waals surface area (Å²) in [5, 5.41) is 18.9. The highest BCUT2D eigenvalue weighted by Crippen LogP contribution is 2.39. The molecule has 0 aliphatic heterocycles. The van der Waals surface area contributed by atoms with Crippen LogP contribution in [0.15, 0.2) is 85.6 Å². The molecule has 43 heavy (non-hydrogen) atoms. The number of carbonyl (C=O) groups is 1. The lowest BCUT2D eigenvalue weighted by Crippen LogP contribution is -2.12. The van der Waals surface area contributed by atoms with Crippen LogP contribution in [-0.4, -0.2) is 53.7 Å². The number of hydrogen-bond donors (Lipinski definition) is 2. The molecule has 1 amide bonds. The summed E-state index contributed by atoms with van der Waals surface area (Å²) in [6, 6.07) is 15.3. The summed E-state index contributed by atoms with van der Waals surface area (Å²) in [5.74, 6) is 0.183. The van der Waals surface area contributed by atoms with Crippen LogP contribution in [-0.2, 0) is 13.6 Å². The van der Waals surface area contributed by atoms with E-state index in [1.807, 2.05) is 31.3 Å². The minimum Gasteiger partial charge on any atom is -0.457 e. The number of nitrogens with one attached hydrogen (secondary N) is 2. The fraction of sp³-hybridized carbons (Fsp3) is 0.138. The minimum atomic E-state index is -3.09. The van der Waals surface area contributed by atoms with E-state index in [1.165, 1.54) is 33.6 Å². The Balaban J connectivity index is 1.33. The number of hydrogen-bond acceptors (Lipinski definition) is 8. The third kappa shape index (κ3) is 5.76. The maximum Gasteiger partial charge on any atom is 0.387 e. The van der Waals surface area contributed by atoms with Crippen LogP contribution in [0.25, 0.3) is 22.6 Å². The van der Waals surface area contributed by atoms with Gasteiger partial charge in [-0.1, -0.05) is 6.07 Å². The second kappa shape index (κ2) is 11.7. The Morgan fingerprint density at radius 1 is 1.05 bits per heavy atom. The van der Waals surface area contributed by atoms with Gasteiger partial charge in [-0.3, -0.25) is 9.48 Å². The van der Waals surface area contributed by atoms with Crippen LogP contribution in [0.4, 0.5) is 14.5 Å². The van der Waals surface area contributed by atoms with E-state index in [1.54, 1.807) is 48.6 Å². The molecular formula is C29H25F2N9O3. The van der Waals surface area contributed by atoms with Gasteiger partial charge in [0.1, 0.15) is 28.5 Å². The summed E-state index contributed by atoms with van der Waals surface area (Å²) in [4.78, 5) is 17.4. The van der Waals surface area contributed by atoms with Gasteiger partial charge in [-0.25, -0.2) is 14.2 Å². The lowest BCUT2D eigenvalue weighted by molar-refractivity contribution is -0.0494. The first kappa shape index (κ1) is 27.5. The SMILES string of the molecule is CNCc1ccnn1-c1cccc(Oc2ccc(OC(F)F)c(-c3nn(C)cc3NC(=O)c3cnn4cccnc34)c2)c1. The zero-order chi connectivity index (χ0) is 29.9. The molecule has 0 unspecified atom stereocenters. The predicted octanol–water partition coefficient (Wildman–Crippen LogP) is 4.68. The predicted molar refractivity (Wildman–Crippen MR) is 153 cm³/mol. The van der Waals surface area contributed by atoms with E-state index >= 15 is 0 Å². The van der Waals surface area contributed by atoms with E-state index < -0.39 is 12.5 Å². The number of fused-ring (bicyclic) bond motifs is 1. The molecule has 2 N–H and O–H groups in total. The molecule has 0 saturated heterocycles. The van der Waals surface area contributed by atoms with Gasteiger partial charge in [0, 0.05) is 44.4 Å². The molecule has 0 bridgehead atoms. The molecule has 4 aromatic heterocycles. The van der Waals surface area contributed by atoms with E-state index in [2.05, 4.69) is 30.9 Å². The Bertz CT molecular complexity index is 1910. The Morgan fingerprint density at radius 3 is 2.74 bits per heavy atom. The molecule has 0 aliphatic carbocycles. The number of carbonyl (C=O) groups excluding carboxylic acids is 1. The van der Waals surface area contributed by atoms with E-state index in [-0.39, 0.29) is 28.3 Å². The van der Waals surface area contributed by atoms with Crippen LogP contribution >= 0.6 is 0 Å². The second-order valence-electron chi connectivity index (χ2n) is 9.37. The molecule has 12 nitrogen and oxygen atoms in total. The van der Waals surface area contributed by atoms with Gasteiger partial charge in [0.2, 0.25) is 0 Å². The van der Waals surface area contributed by atoms with E-state index in [4.69, 9.17) is 9.47 Å². The van der Waals surface area contributed by atoms with Crippen molar-refractivity contribution in [3.63, 3.8) is 0 Å². The van der Waals surface area contributed by atoms with Crippen LogP contribution in [0, 0.1) is 0 Å². The largest absolute Gasteiger partial charge is 0.457 e. The fourth-order valence-electron chi connectivity index (χ4n) is 4.61. The molecule has 6 aromatic rings. The number of aromatic nitrogens is 7. The molecule has 2 aromatic carbocycles. The first-order chi connectivity index (χ1) is 20.9. The molecule has 14 heteroatoms. The zero-order valence-electron chi connectivity index (χ0n) is 23.0. The van der Waals surface area contributed by atoms with Crippen molar-refractivity contribution in [3.05, 3.63) is 96.8 Å². The number of nitrogens with zero attached hydrogens (tertiary/aromatic N) is 7. The smallest absolute Gasteiger partial charge is 0.387 e. The number of aryl methyl sites for hydroxylation is 1. The van der Waals surface area contributed by atoms with E-state index in [0.29, 0.717) is 23.7 Å². The van der Waals surface area contributed by atoms with Crippen molar-refractivity contribution < 1.29 is 23.0 Å². The molecular weight excluding hydrogens is 560 g/mol. The van der Waals surface area contributed by atoms with E-state index in [0.717, 1.165) is 11.4 Å². The molecule has 0 aliphatic rings. The van der Waals surface area contributed by atoms with Crippen molar-refractivity contribution in [1.29, 1.82) is 0 Å². The lowest BCUT2D eigenvalue weighted by atomic mass is 10.1. The number of amides is 1. The third-order valence-electron chi connectivity index (χ3n) is 6.40. The molecule has 0 atom stereocenters. The maximum atomic E-state index is 13.4. The van der Waals surface area contributed by atoms with Gasteiger partial charge in [0.25, 0.3) is 5.91 Å². The average molecular weight is 586 g/mol. The lowest BCUT2D eigenvalue weighted by Gasteiger charge is -2.14. The third-order valence-corrected chi connectivity index (χ3v) is 6.40. The molecule has 0 fully saturated rings. The summed E-state index contributed by atoms with van der Waals surface area (Å²) in [5.41, 5.74) is 2.97. The van der Waals surface area contributed by atoms with Gasteiger partial charge >= 0.3 is 6.61 Å². The molecule has 0 spiro atoms. The summed E-state index contributed by atoms with van der Waals surface area (Å²) < 4.78 is 42.5. The van der Waals surface area contributed by atoms with Crippen molar-refractivity contribution in [3.8, 4) is 34.2 Å². The van der Waals surface area contributed by atoms with E-state index in [9.17, 15) is 13.6 Å². The Labute approximate surface area is 243 Å². The molecule has 0 radical (unpaired) electrons. The number of rotatable bonds is 10. The summed E-state index contributed by atoms with van der Waals surface area (Å²) >= 11 is 0. The average Bonchev–Trinajstić information content (AvgIpc) is 3.72. The second-order valence-corrected chi connectivity index (χ2v) is 9.37. The highest BCUT2D eigenvalue weighted by molar-refractivity contribution is 6.09. The number of halogens is 2. The molecule has 4 heterocycles. The number of anilines is 1. The van der Waals surface area contributed by atoms with Crippen LogP contribution in [0.5, 0.6) is 17.2 Å². The highest BCUT2D eigenvalue weighted by atomic mass is 19.3. The summed E-state index contributed by atoms with van der Waals surface area (Å²) in [7, 11) is 3.50. The van der Waals surface area contributed by atoms with Crippen molar-refractivity contribution in [2.45, 2.75) is 13.2 Å². The summed E-state index contributed by atoms with van der Waals surface area (Å²) in [6.07, 6.45) is 7.88. The van der Waals surface area contributed by atoms with Crippen molar-refractivity contribution >= 4 is 17.2 Å². The molecule has 218 valence electrons. The monoisotopic (exact) mass is 585 g/mol. The van der Waals surface area contributed by atoms with Crippen molar-refractivity contribution in [2.75, 3.05) is 12.4 Å². The van der Waals surface area contributed by atoms with Crippen LogP contribution in [0.2, 0.25) is 0 Å². The highest BCUT2D eigenvalue weighted by Gasteiger charge is 2.22. The molecule has 0 saturated carbocycles. The van der Waals surface area contributed by atoms with Gasteiger partial charge in [0.05, 0.1) is 28.8 Å². The Morgan fingerprint density at radius 2 is 1.91 bits per heavy atom. The van der Waals surface area contributed by atoms with Gasteiger partial charge in [-0.15, -0.1) is 0 Å². The van der Waals surface area contributed by atoms with Gasteiger partial charge in [-0.05, 0) is 49.5 Å². The zero-order valence-corrected chi connectivity index (χ0v) is 23.0. The molecule has 6 rings (SSSR count). The van der Waals surface area contributed by atoms with Crippen LogP contribution < -0.4 is 20.1 Å². The standard InChI is InChI=1S/C29H25F2N9O3/c1-32-15-19-9-11-34-40(19)18-5-3-6-20(13-18)42-21-7-8-25(43-29(30)31)22(14-21)26-24(17-38(2)37-26)36-28(41)23-16-35-39-12-4-10-33-27(23)39/h3-14,16-17,29,32H,15H2,1-2H3,(H,36,41). The normalized spacial score (nSPS) is 11.3. The Kier molecular flexibility index (Phi) is 7.49. The topological polar surface area (TPSA) is 125 Å². The quantitative estimate of drug-likeness (QED) is 0.237. The van der Waals surface area contributed by atoms with Gasteiger partial charge < -0.3 is 20.1 Å². The Hall–Kier alpha value is -5.63. The minimum absolute atomic E-state index is 0.142. The maximum absolute atomic E-state index is 13.4. The number of alkyl halides is 2. The number of benzene rings is 2. The van der Waals surface area contributed by atoms with Gasteiger partial charge in [-0.2, -0.15) is 24.1 Å². The van der Waals surface area contributed by atoms with Crippen LogP contribution in [0.3, 0.4) is 0 Å². The van der Waals surface area contributed by atoms with Gasteiger partial charge in [0.15, 0.2) is 5.65 Å². The number of ether oxygens (including phenoxy) is 2. The first-order valence-electron chi connectivity index (χ1n) is 13.1.